The Morgan fingerprint density at radius 2 is 2.13 bits per heavy atom. The second-order valence-electron chi connectivity index (χ2n) is 5.42. The average Bonchev–Trinajstić information content (AvgIpc) is 2.61. The number of rotatable bonds is 3. The molecular formula is C18H19N3O2. The van der Waals surface area contributed by atoms with Gasteiger partial charge in [0.25, 0.3) is 0 Å². The highest BCUT2D eigenvalue weighted by Gasteiger charge is 2.25. The number of aryl methyl sites for hydroxylation is 1. The molecule has 1 aromatic heterocycles. The second kappa shape index (κ2) is 7.15. The van der Waals surface area contributed by atoms with E-state index in [2.05, 4.69) is 9.97 Å². The Bertz CT molecular complexity index is 700. The molecule has 5 heteroatoms. The summed E-state index contributed by atoms with van der Waals surface area (Å²) in [4.78, 5) is 22.6. The molecule has 5 nitrogen and oxygen atoms in total. The van der Waals surface area contributed by atoms with Crippen LogP contribution in [0.3, 0.4) is 0 Å². The maximum atomic E-state index is 12.4. The monoisotopic (exact) mass is 309 g/mol. The number of ether oxygens (including phenoxy) is 1. The summed E-state index contributed by atoms with van der Waals surface area (Å²) in [7, 11) is 0. The van der Waals surface area contributed by atoms with Crippen molar-refractivity contribution in [1.29, 1.82) is 0 Å². The van der Waals surface area contributed by atoms with Crippen LogP contribution in [0.15, 0.2) is 48.7 Å². The Morgan fingerprint density at radius 1 is 1.30 bits per heavy atom. The van der Waals surface area contributed by atoms with Gasteiger partial charge in [-0.3, -0.25) is 4.79 Å². The normalized spacial score (nSPS) is 18.3. The van der Waals surface area contributed by atoms with Gasteiger partial charge in [-0.15, -0.1) is 0 Å². The number of carbonyl (C=O) groups excluding carboxylic acids is 1. The minimum Gasteiger partial charge on any atom is -0.368 e. The van der Waals surface area contributed by atoms with E-state index in [0.29, 0.717) is 25.5 Å². The Balaban J connectivity index is 1.66. The van der Waals surface area contributed by atoms with E-state index in [4.69, 9.17) is 4.74 Å². The third-order valence-electron chi connectivity index (χ3n) is 3.72. The fourth-order valence-electron chi connectivity index (χ4n) is 2.52. The summed E-state index contributed by atoms with van der Waals surface area (Å²) in [5.74, 6) is 0.700. The molecule has 0 saturated carbocycles. The zero-order chi connectivity index (χ0) is 16.1. The molecule has 1 aliphatic rings. The van der Waals surface area contributed by atoms with E-state index in [0.717, 1.165) is 11.3 Å². The number of benzene rings is 1. The SMILES string of the molecule is Cc1nccc(C2CN(C(=O)C=Cc3ccccc3)CCO2)n1. The summed E-state index contributed by atoms with van der Waals surface area (Å²) in [6.07, 6.45) is 4.97. The largest absolute Gasteiger partial charge is 0.368 e. The fraction of sp³-hybridized carbons (Fsp3) is 0.278. The van der Waals surface area contributed by atoms with Gasteiger partial charge in [0.2, 0.25) is 5.91 Å². The van der Waals surface area contributed by atoms with Crippen LogP contribution in [0.5, 0.6) is 0 Å². The number of morpholine rings is 1. The highest BCUT2D eigenvalue weighted by Crippen LogP contribution is 2.20. The van der Waals surface area contributed by atoms with Gasteiger partial charge < -0.3 is 9.64 Å². The predicted molar refractivity (Wildman–Crippen MR) is 87.5 cm³/mol. The third-order valence-corrected chi connectivity index (χ3v) is 3.72. The van der Waals surface area contributed by atoms with Crippen LogP contribution in [-0.4, -0.2) is 40.5 Å². The van der Waals surface area contributed by atoms with Gasteiger partial charge in [-0.05, 0) is 24.6 Å². The zero-order valence-electron chi connectivity index (χ0n) is 13.1. The van der Waals surface area contributed by atoms with E-state index < -0.39 is 0 Å². The van der Waals surface area contributed by atoms with Crippen molar-refractivity contribution in [2.75, 3.05) is 19.7 Å². The molecule has 3 rings (SSSR count). The minimum atomic E-state index is -0.195. The molecule has 0 spiro atoms. The van der Waals surface area contributed by atoms with Crippen LogP contribution in [0.1, 0.15) is 23.2 Å². The standard InChI is InChI=1S/C18H19N3O2/c1-14-19-10-9-16(20-14)17-13-21(11-12-23-17)18(22)8-7-15-5-3-2-4-6-15/h2-10,17H,11-13H2,1H3. The first-order valence-corrected chi connectivity index (χ1v) is 7.65. The Morgan fingerprint density at radius 3 is 2.91 bits per heavy atom. The van der Waals surface area contributed by atoms with Crippen LogP contribution in [0.25, 0.3) is 6.08 Å². The molecular weight excluding hydrogens is 290 g/mol. The van der Waals surface area contributed by atoms with Gasteiger partial charge in [0.15, 0.2) is 0 Å². The first kappa shape index (κ1) is 15.4. The van der Waals surface area contributed by atoms with E-state index in [1.54, 1.807) is 17.2 Å². The lowest BCUT2D eigenvalue weighted by Gasteiger charge is -2.32. The summed E-state index contributed by atoms with van der Waals surface area (Å²) < 4.78 is 5.75. The maximum absolute atomic E-state index is 12.4. The van der Waals surface area contributed by atoms with Crippen LogP contribution < -0.4 is 0 Å². The molecule has 118 valence electrons. The highest BCUT2D eigenvalue weighted by atomic mass is 16.5. The molecule has 0 bridgehead atoms. The molecule has 1 saturated heterocycles. The molecule has 2 aromatic rings. The molecule has 1 amide bonds. The van der Waals surface area contributed by atoms with Crippen molar-refractivity contribution >= 4 is 12.0 Å². The van der Waals surface area contributed by atoms with Crippen LogP contribution in [-0.2, 0) is 9.53 Å². The maximum Gasteiger partial charge on any atom is 0.246 e. The number of aromatic nitrogens is 2. The number of nitrogens with zero attached hydrogens (tertiary/aromatic N) is 3. The van der Waals surface area contributed by atoms with Crippen LogP contribution in [0.4, 0.5) is 0 Å². The molecule has 1 fully saturated rings. The molecule has 1 aromatic carbocycles. The predicted octanol–water partition coefficient (Wildman–Crippen LogP) is 2.40. The van der Waals surface area contributed by atoms with Crippen LogP contribution in [0.2, 0.25) is 0 Å². The molecule has 1 atom stereocenters. The lowest BCUT2D eigenvalue weighted by Crippen LogP contribution is -2.41. The number of hydrogen-bond donors (Lipinski definition) is 0. The molecule has 0 aliphatic carbocycles. The van der Waals surface area contributed by atoms with Gasteiger partial charge in [-0.25, -0.2) is 9.97 Å². The average molecular weight is 309 g/mol. The van der Waals surface area contributed by atoms with Gasteiger partial charge in [0, 0.05) is 18.8 Å². The topological polar surface area (TPSA) is 55.3 Å². The fourth-order valence-corrected chi connectivity index (χ4v) is 2.52. The second-order valence-corrected chi connectivity index (χ2v) is 5.42. The first-order valence-electron chi connectivity index (χ1n) is 7.65. The van der Waals surface area contributed by atoms with E-state index in [-0.39, 0.29) is 12.0 Å². The summed E-state index contributed by atoms with van der Waals surface area (Å²) in [6, 6.07) is 11.6. The highest BCUT2D eigenvalue weighted by molar-refractivity contribution is 5.91. The number of hydrogen-bond acceptors (Lipinski definition) is 4. The quantitative estimate of drug-likeness (QED) is 0.817. The van der Waals surface area contributed by atoms with Gasteiger partial charge in [0.1, 0.15) is 11.9 Å². The van der Waals surface area contributed by atoms with Crippen molar-refractivity contribution in [3.8, 4) is 0 Å². The van der Waals surface area contributed by atoms with E-state index in [9.17, 15) is 4.79 Å². The van der Waals surface area contributed by atoms with Crippen LogP contribution in [0, 0.1) is 6.92 Å². The lowest BCUT2D eigenvalue weighted by atomic mass is 10.2. The molecule has 23 heavy (non-hydrogen) atoms. The molecule has 1 unspecified atom stereocenters. The van der Waals surface area contributed by atoms with Crippen molar-refractivity contribution in [3.63, 3.8) is 0 Å². The number of amides is 1. The Kier molecular flexibility index (Phi) is 4.78. The summed E-state index contributed by atoms with van der Waals surface area (Å²) in [5.41, 5.74) is 1.83. The van der Waals surface area contributed by atoms with Crippen molar-refractivity contribution < 1.29 is 9.53 Å². The van der Waals surface area contributed by atoms with Crippen molar-refractivity contribution in [2.45, 2.75) is 13.0 Å². The van der Waals surface area contributed by atoms with Crippen molar-refractivity contribution in [1.82, 2.24) is 14.9 Å². The lowest BCUT2D eigenvalue weighted by molar-refractivity contribution is -0.133. The Hall–Kier alpha value is -2.53. The Labute approximate surface area is 135 Å². The third kappa shape index (κ3) is 4.02. The summed E-state index contributed by atoms with van der Waals surface area (Å²) in [5, 5.41) is 0. The molecule has 1 aliphatic heterocycles. The van der Waals surface area contributed by atoms with Gasteiger partial charge in [-0.2, -0.15) is 0 Å². The van der Waals surface area contributed by atoms with Gasteiger partial charge >= 0.3 is 0 Å². The van der Waals surface area contributed by atoms with E-state index in [1.807, 2.05) is 49.4 Å². The van der Waals surface area contributed by atoms with Gasteiger partial charge in [0.05, 0.1) is 18.8 Å². The van der Waals surface area contributed by atoms with E-state index in [1.165, 1.54) is 0 Å². The first-order chi connectivity index (χ1) is 11.2. The van der Waals surface area contributed by atoms with Crippen molar-refractivity contribution in [3.05, 3.63) is 65.8 Å². The zero-order valence-corrected chi connectivity index (χ0v) is 13.1. The van der Waals surface area contributed by atoms with Crippen LogP contribution >= 0.6 is 0 Å². The number of carbonyl (C=O) groups is 1. The molecule has 2 heterocycles. The minimum absolute atomic E-state index is 0.00655. The summed E-state index contributed by atoms with van der Waals surface area (Å²) >= 11 is 0. The molecule has 0 N–H and O–H groups in total. The van der Waals surface area contributed by atoms with Gasteiger partial charge in [-0.1, -0.05) is 30.3 Å². The summed E-state index contributed by atoms with van der Waals surface area (Å²) in [6.45, 7) is 3.46. The van der Waals surface area contributed by atoms with E-state index >= 15 is 0 Å². The smallest absolute Gasteiger partial charge is 0.246 e. The van der Waals surface area contributed by atoms with Crippen molar-refractivity contribution in [2.24, 2.45) is 0 Å². The molecule has 0 radical (unpaired) electrons.